The Morgan fingerprint density at radius 1 is 1.24 bits per heavy atom. The number of thiazole rings is 1. The second kappa shape index (κ2) is 6.28. The number of H-pyrrole nitrogens is 1. The van der Waals surface area contributed by atoms with E-state index in [-0.39, 0.29) is 6.04 Å². The van der Waals surface area contributed by atoms with Crippen molar-refractivity contribution in [3.63, 3.8) is 0 Å². The zero-order valence-electron chi connectivity index (χ0n) is 11.7. The van der Waals surface area contributed by atoms with Gasteiger partial charge in [-0.1, -0.05) is 11.8 Å². The molecule has 3 rings (SSSR count). The van der Waals surface area contributed by atoms with Gasteiger partial charge < -0.3 is 5.32 Å². The first-order valence-corrected chi connectivity index (χ1v) is 8.22. The van der Waals surface area contributed by atoms with Crippen molar-refractivity contribution >= 4 is 28.8 Å². The van der Waals surface area contributed by atoms with E-state index in [9.17, 15) is 0 Å². The predicted octanol–water partition coefficient (Wildman–Crippen LogP) is 3.89. The molecule has 2 heterocycles. The highest BCUT2D eigenvalue weighted by atomic mass is 32.2. The average Bonchev–Trinajstić information content (AvgIpc) is 3.12. The van der Waals surface area contributed by atoms with Gasteiger partial charge in [-0.05, 0) is 38.1 Å². The minimum Gasteiger partial charge on any atom is -0.378 e. The first kappa shape index (κ1) is 14.1. The van der Waals surface area contributed by atoms with Crippen LogP contribution in [0, 0.1) is 6.92 Å². The normalized spacial score (nSPS) is 12.3. The lowest BCUT2D eigenvalue weighted by molar-refractivity contribution is 0.890. The molecule has 5 nitrogen and oxygen atoms in total. The highest BCUT2D eigenvalue weighted by Gasteiger charge is 2.10. The summed E-state index contributed by atoms with van der Waals surface area (Å²) < 4.78 is 0. The molecule has 2 aromatic heterocycles. The summed E-state index contributed by atoms with van der Waals surface area (Å²) in [6.45, 7) is 4.19. The largest absolute Gasteiger partial charge is 0.378 e. The van der Waals surface area contributed by atoms with Crippen LogP contribution in [0.4, 0.5) is 5.69 Å². The van der Waals surface area contributed by atoms with Gasteiger partial charge in [0.15, 0.2) is 5.16 Å². The van der Waals surface area contributed by atoms with E-state index < -0.39 is 0 Å². The van der Waals surface area contributed by atoms with Crippen LogP contribution in [-0.4, -0.2) is 20.2 Å². The number of nitrogens with one attached hydrogen (secondary N) is 2. The molecule has 0 aliphatic heterocycles. The van der Waals surface area contributed by atoms with Gasteiger partial charge in [0.05, 0.1) is 17.2 Å². The van der Waals surface area contributed by atoms with Crippen LogP contribution in [0.2, 0.25) is 0 Å². The molecule has 3 aromatic rings. The number of hydrogen-bond acceptors (Lipinski definition) is 6. The van der Waals surface area contributed by atoms with E-state index in [4.69, 9.17) is 0 Å². The molecule has 21 heavy (non-hydrogen) atoms. The molecule has 0 spiro atoms. The Bertz CT molecular complexity index is 690. The smallest absolute Gasteiger partial charge is 0.188 e. The number of benzene rings is 1. The van der Waals surface area contributed by atoms with Crippen LogP contribution < -0.4 is 5.32 Å². The first-order valence-electron chi connectivity index (χ1n) is 6.52. The van der Waals surface area contributed by atoms with Crippen LogP contribution in [0.1, 0.15) is 23.5 Å². The fourth-order valence-electron chi connectivity index (χ4n) is 2.02. The molecular formula is C14H15N5S2. The Morgan fingerprint density at radius 2 is 2.05 bits per heavy atom. The molecule has 0 radical (unpaired) electrons. The summed E-state index contributed by atoms with van der Waals surface area (Å²) in [5.74, 6) is 0. The van der Waals surface area contributed by atoms with Crippen LogP contribution in [-0.2, 0) is 0 Å². The Hall–Kier alpha value is -1.86. The highest BCUT2D eigenvalue weighted by molar-refractivity contribution is 7.99. The van der Waals surface area contributed by atoms with Gasteiger partial charge in [-0.25, -0.2) is 9.97 Å². The average molecular weight is 317 g/mol. The van der Waals surface area contributed by atoms with E-state index in [1.54, 1.807) is 23.1 Å². The van der Waals surface area contributed by atoms with Crippen molar-refractivity contribution in [2.45, 2.75) is 29.9 Å². The van der Waals surface area contributed by atoms with Crippen molar-refractivity contribution in [1.29, 1.82) is 0 Å². The van der Waals surface area contributed by atoms with Crippen molar-refractivity contribution < 1.29 is 0 Å². The molecule has 0 aliphatic carbocycles. The lowest BCUT2D eigenvalue weighted by Gasteiger charge is -2.14. The van der Waals surface area contributed by atoms with Gasteiger partial charge in [-0.15, -0.1) is 11.3 Å². The van der Waals surface area contributed by atoms with Crippen molar-refractivity contribution in [3.05, 3.63) is 46.7 Å². The predicted molar refractivity (Wildman–Crippen MR) is 85.8 cm³/mol. The summed E-state index contributed by atoms with van der Waals surface area (Å²) in [7, 11) is 0. The van der Waals surface area contributed by atoms with Gasteiger partial charge in [0.2, 0.25) is 0 Å². The monoisotopic (exact) mass is 317 g/mol. The van der Waals surface area contributed by atoms with Crippen LogP contribution in [0.25, 0.3) is 0 Å². The Morgan fingerprint density at radius 3 is 2.67 bits per heavy atom. The maximum atomic E-state index is 4.29. The molecule has 2 N–H and O–H groups in total. The third-order valence-corrected chi connectivity index (χ3v) is 5.03. The van der Waals surface area contributed by atoms with Crippen molar-refractivity contribution in [2.75, 3.05) is 5.32 Å². The summed E-state index contributed by atoms with van der Waals surface area (Å²) in [5, 5.41) is 11.0. The van der Waals surface area contributed by atoms with E-state index in [1.807, 2.05) is 12.4 Å². The Balaban J connectivity index is 1.66. The zero-order chi connectivity index (χ0) is 14.7. The minimum absolute atomic E-state index is 0.255. The molecule has 0 aliphatic rings. The van der Waals surface area contributed by atoms with E-state index in [0.29, 0.717) is 0 Å². The van der Waals surface area contributed by atoms with Gasteiger partial charge in [0, 0.05) is 15.5 Å². The standard InChI is InChI=1S/C14H15N5S2/c1-9-13(20-8-16-9)10(2)18-11-3-5-12(6-4-11)21-14-15-7-17-19-14/h3-8,10,18H,1-2H3,(H,15,17,19). The number of hydrogen-bond donors (Lipinski definition) is 2. The topological polar surface area (TPSA) is 66.5 Å². The Kier molecular flexibility index (Phi) is 4.21. The van der Waals surface area contributed by atoms with Gasteiger partial charge in [-0.2, -0.15) is 5.10 Å². The highest BCUT2D eigenvalue weighted by Crippen LogP contribution is 2.28. The van der Waals surface area contributed by atoms with Crippen LogP contribution >= 0.6 is 23.1 Å². The van der Waals surface area contributed by atoms with Crippen molar-refractivity contribution in [3.8, 4) is 0 Å². The maximum absolute atomic E-state index is 4.29. The van der Waals surface area contributed by atoms with E-state index in [1.165, 1.54) is 11.2 Å². The number of anilines is 1. The molecule has 1 unspecified atom stereocenters. The summed E-state index contributed by atoms with van der Waals surface area (Å²) >= 11 is 3.24. The number of aromatic nitrogens is 4. The molecule has 0 bridgehead atoms. The van der Waals surface area contributed by atoms with Crippen molar-refractivity contribution in [2.24, 2.45) is 0 Å². The van der Waals surface area contributed by atoms with E-state index >= 15 is 0 Å². The third kappa shape index (κ3) is 3.43. The van der Waals surface area contributed by atoms with Gasteiger partial charge in [-0.3, -0.25) is 5.10 Å². The Labute approximate surface area is 131 Å². The van der Waals surface area contributed by atoms with Crippen molar-refractivity contribution in [1.82, 2.24) is 20.2 Å². The maximum Gasteiger partial charge on any atom is 0.188 e. The quantitative estimate of drug-likeness (QED) is 0.747. The molecule has 0 amide bonds. The molecule has 1 aromatic carbocycles. The van der Waals surface area contributed by atoms with Gasteiger partial charge in [0.1, 0.15) is 6.33 Å². The SMILES string of the molecule is Cc1ncsc1C(C)Nc1ccc(Sc2ncn[nH]2)cc1. The molecule has 1 atom stereocenters. The molecule has 0 fully saturated rings. The van der Waals surface area contributed by atoms with Crippen LogP contribution in [0.5, 0.6) is 0 Å². The number of aromatic amines is 1. The third-order valence-electron chi connectivity index (χ3n) is 3.02. The first-order chi connectivity index (χ1) is 10.2. The lowest BCUT2D eigenvalue weighted by atomic mass is 10.2. The molecule has 7 heteroatoms. The molecular weight excluding hydrogens is 302 g/mol. The molecule has 0 saturated carbocycles. The van der Waals surface area contributed by atoms with E-state index in [0.717, 1.165) is 21.4 Å². The van der Waals surface area contributed by atoms with Gasteiger partial charge in [0.25, 0.3) is 0 Å². The minimum atomic E-state index is 0.255. The fourth-order valence-corrected chi connectivity index (χ4v) is 3.52. The van der Waals surface area contributed by atoms with Crippen LogP contribution in [0.3, 0.4) is 0 Å². The number of nitrogens with zero attached hydrogens (tertiary/aromatic N) is 3. The molecule has 108 valence electrons. The summed E-state index contributed by atoms with van der Waals surface area (Å²) in [5.41, 5.74) is 4.08. The lowest BCUT2D eigenvalue weighted by Crippen LogP contribution is -2.06. The summed E-state index contributed by atoms with van der Waals surface area (Å²) in [6, 6.07) is 8.55. The number of rotatable bonds is 5. The summed E-state index contributed by atoms with van der Waals surface area (Å²) in [4.78, 5) is 10.8. The van der Waals surface area contributed by atoms with E-state index in [2.05, 4.69) is 56.7 Å². The summed E-state index contributed by atoms with van der Waals surface area (Å²) in [6.07, 6.45) is 1.51. The second-order valence-electron chi connectivity index (χ2n) is 4.59. The molecule has 0 saturated heterocycles. The zero-order valence-corrected chi connectivity index (χ0v) is 13.3. The number of aryl methyl sites for hydroxylation is 1. The van der Waals surface area contributed by atoms with Crippen LogP contribution in [0.15, 0.2) is 46.2 Å². The fraction of sp³-hybridized carbons (Fsp3) is 0.214. The van der Waals surface area contributed by atoms with Gasteiger partial charge >= 0.3 is 0 Å². The second-order valence-corrected chi connectivity index (χ2v) is 6.53.